The molecular weight excluding hydrogens is 260 g/mol. The third kappa shape index (κ3) is 3.76. The van der Waals surface area contributed by atoms with Crippen LogP contribution in [0.2, 0.25) is 0 Å². The van der Waals surface area contributed by atoms with Crippen LogP contribution in [-0.4, -0.2) is 41.1 Å². The molecule has 1 saturated heterocycles. The molecule has 1 unspecified atom stereocenters. The molecule has 20 heavy (non-hydrogen) atoms. The summed E-state index contributed by atoms with van der Waals surface area (Å²) in [6.45, 7) is 2.91. The van der Waals surface area contributed by atoms with Crippen molar-refractivity contribution in [3.63, 3.8) is 0 Å². The second kappa shape index (κ2) is 6.45. The number of urea groups is 1. The number of hydrogen-bond donors (Lipinski definition) is 2. The lowest BCUT2D eigenvalue weighted by molar-refractivity contribution is -0.143. The van der Waals surface area contributed by atoms with E-state index in [1.807, 2.05) is 19.1 Å². The minimum absolute atomic E-state index is 0.0224. The van der Waals surface area contributed by atoms with Gasteiger partial charge in [-0.15, -0.1) is 0 Å². The van der Waals surface area contributed by atoms with Gasteiger partial charge in [-0.3, -0.25) is 4.79 Å². The Labute approximate surface area is 117 Å². The van der Waals surface area contributed by atoms with Gasteiger partial charge in [0.1, 0.15) is 5.76 Å². The fourth-order valence-electron chi connectivity index (χ4n) is 2.41. The minimum atomic E-state index is -0.767. The predicted molar refractivity (Wildman–Crippen MR) is 72.3 cm³/mol. The highest BCUT2D eigenvalue weighted by atomic mass is 16.4. The number of furan rings is 1. The van der Waals surface area contributed by atoms with Crippen molar-refractivity contribution in [3.05, 3.63) is 24.2 Å². The van der Waals surface area contributed by atoms with Gasteiger partial charge in [0.25, 0.3) is 0 Å². The fraction of sp³-hybridized carbons (Fsp3) is 0.571. The number of amides is 2. The van der Waals surface area contributed by atoms with Crippen LogP contribution in [0.3, 0.4) is 0 Å². The number of carboxylic acid groups (broad SMARTS) is 1. The second-order valence-corrected chi connectivity index (χ2v) is 5.23. The number of carbonyl (C=O) groups excluding carboxylic acids is 1. The van der Waals surface area contributed by atoms with Gasteiger partial charge in [0, 0.05) is 25.6 Å². The molecule has 0 bridgehead atoms. The van der Waals surface area contributed by atoms with Crippen LogP contribution in [-0.2, 0) is 11.2 Å². The first-order chi connectivity index (χ1) is 9.56. The number of likely N-dealkylation sites (tertiary alicyclic amines) is 1. The highest BCUT2D eigenvalue weighted by Gasteiger charge is 2.27. The van der Waals surface area contributed by atoms with Crippen LogP contribution < -0.4 is 5.32 Å². The molecule has 0 aromatic carbocycles. The quantitative estimate of drug-likeness (QED) is 0.879. The van der Waals surface area contributed by atoms with Gasteiger partial charge in [-0.05, 0) is 31.9 Å². The van der Waals surface area contributed by atoms with E-state index < -0.39 is 5.97 Å². The SMILES string of the molecule is CC(Cc1ccco1)NC(=O)N1CCC(C(=O)O)CC1. The third-order valence-electron chi connectivity index (χ3n) is 3.59. The van der Waals surface area contributed by atoms with E-state index in [4.69, 9.17) is 9.52 Å². The maximum absolute atomic E-state index is 12.1. The van der Waals surface area contributed by atoms with Crippen molar-refractivity contribution in [2.45, 2.75) is 32.2 Å². The Morgan fingerprint density at radius 2 is 2.20 bits per heavy atom. The van der Waals surface area contributed by atoms with Crippen LogP contribution in [0.25, 0.3) is 0 Å². The number of nitrogens with zero attached hydrogens (tertiary/aromatic N) is 1. The highest BCUT2D eigenvalue weighted by Crippen LogP contribution is 2.17. The number of piperidine rings is 1. The summed E-state index contributed by atoms with van der Waals surface area (Å²) in [6.07, 6.45) is 3.30. The van der Waals surface area contributed by atoms with E-state index in [1.165, 1.54) is 0 Å². The zero-order valence-corrected chi connectivity index (χ0v) is 11.5. The molecule has 0 aliphatic carbocycles. The number of carboxylic acids is 1. The molecule has 2 rings (SSSR count). The molecule has 1 aromatic heterocycles. The maximum Gasteiger partial charge on any atom is 0.317 e. The van der Waals surface area contributed by atoms with E-state index in [0.29, 0.717) is 32.4 Å². The molecule has 1 atom stereocenters. The lowest BCUT2D eigenvalue weighted by Gasteiger charge is -2.31. The van der Waals surface area contributed by atoms with Crippen LogP contribution in [0.1, 0.15) is 25.5 Å². The Kier molecular flexibility index (Phi) is 4.65. The molecule has 1 aromatic rings. The topological polar surface area (TPSA) is 82.8 Å². The first kappa shape index (κ1) is 14.4. The van der Waals surface area contributed by atoms with Gasteiger partial charge in [0.15, 0.2) is 0 Å². The fourth-order valence-corrected chi connectivity index (χ4v) is 2.41. The zero-order chi connectivity index (χ0) is 14.5. The summed E-state index contributed by atoms with van der Waals surface area (Å²) in [5, 5.41) is 11.8. The smallest absolute Gasteiger partial charge is 0.317 e. The van der Waals surface area contributed by atoms with E-state index in [1.54, 1.807) is 11.2 Å². The van der Waals surface area contributed by atoms with Crippen molar-refractivity contribution in [1.82, 2.24) is 10.2 Å². The van der Waals surface area contributed by atoms with E-state index in [2.05, 4.69) is 5.32 Å². The Morgan fingerprint density at radius 1 is 1.50 bits per heavy atom. The molecule has 2 N–H and O–H groups in total. The monoisotopic (exact) mass is 280 g/mol. The predicted octanol–water partition coefficient (Wildman–Crippen LogP) is 1.72. The van der Waals surface area contributed by atoms with Crippen molar-refractivity contribution < 1.29 is 19.1 Å². The molecule has 6 nitrogen and oxygen atoms in total. The average molecular weight is 280 g/mol. The van der Waals surface area contributed by atoms with Crippen molar-refractivity contribution in [1.29, 1.82) is 0 Å². The Balaban J connectivity index is 1.76. The summed E-state index contributed by atoms with van der Waals surface area (Å²) in [4.78, 5) is 24.6. The van der Waals surface area contributed by atoms with Gasteiger partial charge in [0.05, 0.1) is 12.2 Å². The molecular formula is C14H20N2O4. The van der Waals surface area contributed by atoms with E-state index in [-0.39, 0.29) is 18.0 Å². The number of nitrogens with one attached hydrogen (secondary N) is 1. The van der Waals surface area contributed by atoms with Gasteiger partial charge in [-0.2, -0.15) is 0 Å². The lowest BCUT2D eigenvalue weighted by atomic mass is 9.97. The van der Waals surface area contributed by atoms with Crippen LogP contribution >= 0.6 is 0 Å². The Morgan fingerprint density at radius 3 is 2.75 bits per heavy atom. The largest absolute Gasteiger partial charge is 0.481 e. The van der Waals surface area contributed by atoms with Crippen molar-refractivity contribution in [2.24, 2.45) is 5.92 Å². The molecule has 1 aliphatic rings. The average Bonchev–Trinajstić information content (AvgIpc) is 2.91. The van der Waals surface area contributed by atoms with Crippen LogP contribution in [0.4, 0.5) is 4.79 Å². The molecule has 1 fully saturated rings. The van der Waals surface area contributed by atoms with Gasteiger partial charge >= 0.3 is 12.0 Å². The van der Waals surface area contributed by atoms with E-state index in [9.17, 15) is 9.59 Å². The first-order valence-corrected chi connectivity index (χ1v) is 6.87. The molecule has 0 saturated carbocycles. The molecule has 1 aliphatic heterocycles. The summed E-state index contributed by atoms with van der Waals surface area (Å²) >= 11 is 0. The Bertz CT molecular complexity index is 450. The molecule has 6 heteroatoms. The number of aliphatic carboxylic acids is 1. The molecule has 0 spiro atoms. The number of hydrogen-bond acceptors (Lipinski definition) is 3. The van der Waals surface area contributed by atoms with E-state index >= 15 is 0 Å². The number of carbonyl (C=O) groups is 2. The van der Waals surface area contributed by atoms with Crippen molar-refractivity contribution >= 4 is 12.0 Å². The standard InChI is InChI=1S/C14H20N2O4/c1-10(9-12-3-2-8-20-12)15-14(19)16-6-4-11(5-7-16)13(17)18/h2-3,8,10-11H,4-7,9H2,1H3,(H,15,19)(H,17,18). The molecule has 2 amide bonds. The Hall–Kier alpha value is -1.98. The summed E-state index contributed by atoms with van der Waals surface area (Å²) in [6, 6.07) is 3.54. The molecule has 110 valence electrons. The lowest BCUT2D eigenvalue weighted by Crippen LogP contribution is -2.48. The van der Waals surface area contributed by atoms with Gasteiger partial charge < -0.3 is 19.7 Å². The third-order valence-corrected chi connectivity index (χ3v) is 3.59. The summed E-state index contributed by atoms with van der Waals surface area (Å²) in [5.74, 6) is -0.252. The maximum atomic E-state index is 12.1. The molecule has 0 radical (unpaired) electrons. The number of rotatable bonds is 4. The summed E-state index contributed by atoms with van der Waals surface area (Å²) in [7, 11) is 0. The van der Waals surface area contributed by atoms with Gasteiger partial charge in [-0.25, -0.2) is 4.79 Å². The zero-order valence-electron chi connectivity index (χ0n) is 11.5. The summed E-state index contributed by atoms with van der Waals surface area (Å²) in [5.41, 5.74) is 0. The van der Waals surface area contributed by atoms with Crippen LogP contribution in [0.15, 0.2) is 22.8 Å². The second-order valence-electron chi connectivity index (χ2n) is 5.23. The first-order valence-electron chi connectivity index (χ1n) is 6.87. The minimum Gasteiger partial charge on any atom is -0.481 e. The molecule has 2 heterocycles. The van der Waals surface area contributed by atoms with Crippen LogP contribution in [0, 0.1) is 5.92 Å². The van der Waals surface area contributed by atoms with Gasteiger partial charge in [-0.1, -0.05) is 0 Å². The van der Waals surface area contributed by atoms with Crippen LogP contribution in [0.5, 0.6) is 0 Å². The van der Waals surface area contributed by atoms with Crippen molar-refractivity contribution in [2.75, 3.05) is 13.1 Å². The summed E-state index contributed by atoms with van der Waals surface area (Å²) < 4.78 is 5.24. The van der Waals surface area contributed by atoms with Crippen molar-refractivity contribution in [3.8, 4) is 0 Å². The normalized spacial score (nSPS) is 17.8. The highest BCUT2D eigenvalue weighted by molar-refractivity contribution is 5.75. The van der Waals surface area contributed by atoms with E-state index in [0.717, 1.165) is 5.76 Å². The van der Waals surface area contributed by atoms with Gasteiger partial charge in [0.2, 0.25) is 0 Å².